The third-order valence-electron chi connectivity index (χ3n) is 5.55. The summed E-state index contributed by atoms with van der Waals surface area (Å²) in [4.78, 5) is 24.3. The van der Waals surface area contributed by atoms with E-state index in [1.54, 1.807) is 0 Å². The number of rotatable bonds is 5. The fourth-order valence-electron chi connectivity index (χ4n) is 4.68. The summed E-state index contributed by atoms with van der Waals surface area (Å²) in [5.74, 6) is -2.32. The topological polar surface area (TPSA) is 69.2 Å². The van der Waals surface area contributed by atoms with Gasteiger partial charge in [-0.1, -0.05) is 41.5 Å². The van der Waals surface area contributed by atoms with E-state index in [0.29, 0.717) is 6.54 Å². The monoisotopic (exact) mass is 326 g/mol. The highest BCUT2D eigenvalue weighted by molar-refractivity contribution is 5.87. The minimum Gasteiger partial charge on any atom is -0.550 e. The number of hydrogen-bond acceptors (Lipinski definition) is 3. The summed E-state index contributed by atoms with van der Waals surface area (Å²) in [6, 6.07) is 9.95. The van der Waals surface area contributed by atoms with E-state index >= 15 is 0 Å². The minimum absolute atomic E-state index is 0.0186. The highest BCUT2D eigenvalue weighted by Gasteiger charge is 2.54. The zero-order valence-electron chi connectivity index (χ0n) is 14.2. The molecule has 0 radical (unpaired) electrons. The number of carbonyl (C=O) groups excluding carboxylic acids is 2. The second-order valence-electron chi connectivity index (χ2n) is 7.14. The third kappa shape index (κ3) is 2.97. The van der Waals surface area contributed by atoms with Crippen molar-refractivity contribution in [1.29, 1.82) is 0 Å². The Morgan fingerprint density at radius 2 is 1.71 bits per heavy atom. The van der Waals surface area contributed by atoms with E-state index in [-0.39, 0.29) is 17.7 Å². The van der Waals surface area contributed by atoms with Gasteiger partial charge in [0.25, 0.3) is 0 Å². The summed E-state index contributed by atoms with van der Waals surface area (Å²) in [6.45, 7) is 4.56. The number of hydrogen-bond donors (Lipinski definition) is 1. The van der Waals surface area contributed by atoms with Gasteiger partial charge in [-0.05, 0) is 50.5 Å². The van der Waals surface area contributed by atoms with E-state index < -0.39 is 17.8 Å². The molecule has 0 aliphatic heterocycles. The van der Waals surface area contributed by atoms with Crippen molar-refractivity contribution in [3.8, 4) is 0 Å². The van der Waals surface area contributed by atoms with E-state index in [1.807, 2.05) is 44.2 Å². The van der Waals surface area contributed by atoms with Crippen LogP contribution in [-0.4, -0.2) is 18.4 Å². The Balaban J connectivity index is 1.69. The Morgan fingerprint density at radius 3 is 2.29 bits per heavy atom. The Hall–Kier alpha value is -2.10. The van der Waals surface area contributed by atoms with Crippen molar-refractivity contribution < 1.29 is 14.7 Å². The summed E-state index contributed by atoms with van der Waals surface area (Å²) in [6.07, 6.45) is 2.52. The lowest BCUT2D eigenvalue weighted by Crippen LogP contribution is -2.46. The van der Waals surface area contributed by atoms with Crippen LogP contribution in [0.2, 0.25) is 0 Å². The van der Waals surface area contributed by atoms with Crippen LogP contribution in [0.15, 0.2) is 41.5 Å². The van der Waals surface area contributed by atoms with Crippen LogP contribution >= 0.6 is 0 Å². The van der Waals surface area contributed by atoms with E-state index in [1.165, 1.54) is 5.57 Å². The number of fused-ring (bicyclic) bond motifs is 2. The number of allylic oxidation sites excluding steroid dienone is 2. The normalized spacial score (nSPS) is 28.0. The first-order chi connectivity index (χ1) is 11.5. The van der Waals surface area contributed by atoms with Crippen LogP contribution in [0.3, 0.4) is 0 Å². The molecule has 2 aliphatic rings. The molecule has 4 heteroatoms. The van der Waals surface area contributed by atoms with Crippen molar-refractivity contribution in [1.82, 2.24) is 5.32 Å². The maximum absolute atomic E-state index is 12.7. The largest absolute Gasteiger partial charge is 0.550 e. The predicted octanol–water partition coefficient (Wildman–Crippen LogP) is 1.70. The van der Waals surface area contributed by atoms with Gasteiger partial charge < -0.3 is 15.2 Å². The highest BCUT2D eigenvalue weighted by atomic mass is 16.4. The molecule has 1 N–H and O–H groups in total. The SMILES string of the molecule is CC(C)=C1[C@H]2CC[C@@H]1[C@@H](C(=O)NCCc1ccccc1)[C@H]2C(=O)[O-]. The van der Waals surface area contributed by atoms with E-state index in [0.717, 1.165) is 30.4 Å². The number of benzene rings is 1. The molecule has 2 saturated carbocycles. The second-order valence-corrected chi connectivity index (χ2v) is 7.14. The van der Waals surface area contributed by atoms with Crippen LogP contribution in [0.4, 0.5) is 0 Å². The molecule has 0 heterocycles. The summed E-state index contributed by atoms with van der Waals surface area (Å²) >= 11 is 0. The first-order valence-corrected chi connectivity index (χ1v) is 8.70. The number of carboxylic acids is 1. The van der Waals surface area contributed by atoms with Gasteiger partial charge in [-0.3, -0.25) is 4.79 Å². The van der Waals surface area contributed by atoms with Crippen molar-refractivity contribution in [3.05, 3.63) is 47.0 Å². The fourth-order valence-corrected chi connectivity index (χ4v) is 4.68. The molecule has 0 spiro atoms. The predicted molar refractivity (Wildman–Crippen MR) is 89.7 cm³/mol. The van der Waals surface area contributed by atoms with Gasteiger partial charge in [0, 0.05) is 18.4 Å². The summed E-state index contributed by atoms with van der Waals surface area (Å²) in [5, 5.41) is 14.6. The van der Waals surface area contributed by atoms with Gasteiger partial charge in [0.15, 0.2) is 0 Å². The van der Waals surface area contributed by atoms with Crippen LogP contribution in [0.1, 0.15) is 32.3 Å². The average Bonchev–Trinajstić information content (AvgIpc) is 3.11. The first kappa shape index (κ1) is 16.7. The molecular formula is C20H24NO3-. The van der Waals surface area contributed by atoms with Crippen LogP contribution in [0.25, 0.3) is 0 Å². The molecule has 4 atom stereocenters. The number of amides is 1. The Labute approximate surface area is 143 Å². The minimum atomic E-state index is -1.08. The number of nitrogens with one attached hydrogen (secondary N) is 1. The van der Waals surface area contributed by atoms with Crippen molar-refractivity contribution >= 4 is 11.9 Å². The standard InChI is InChI=1S/C20H25NO3/c1-12(2)16-14-8-9-15(16)18(20(23)24)17(14)19(22)21-11-10-13-6-4-3-5-7-13/h3-7,14-15,17-18H,8-11H2,1-2H3,(H,21,22)(H,23,24)/p-1/t14-,15+,17+,18-/m0/s1. The van der Waals surface area contributed by atoms with Crippen LogP contribution in [-0.2, 0) is 16.0 Å². The summed E-state index contributed by atoms with van der Waals surface area (Å²) in [5.41, 5.74) is 3.51. The molecule has 0 unspecified atom stereocenters. The molecule has 0 aromatic heterocycles. The molecule has 1 amide bonds. The molecule has 4 nitrogen and oxygen atoms in total. The molecule has 2 bridgehead atoms. The Morgan fingerprint density at radius 1 is 1.08 bits per heavy atom. The van der Waals surface area contributed by atoms with Gasteiger partial charge >= 0.3 is 0 Å². The lowest BCUT2D eigenvalue weighted by Gasteiger charge is -2.30. The number of carbonyl (C=O) groups is 2. The maximum atomic E-state index is 12.7. The molecule has 0 saturated heterocycles. The number of carboxylic acid groups (broad SMARTS) is 1. The van der Waals surface area contributed by atoms with Crippen LogP contribution in [0, 0.1) is 23.7 Å². The van der Waals surface area contributed by atoms with E-state index in [2.05, 4.69) is 5.32 Å². The zero-order valence-corrected chi connectivity index (χ0v) is 14.2. The molecule has 24 heavy (non-hydrogen) atoms. The lowest BCUT2D eigenvalue weighted by atomic mass is 9.78. The Bertz CT molecular complexity index is 661. The lowest BCUT2D eigenvalue weighted by molar-refractivity contribution is -0.314. The molecule has 2 aliphatic carbocycles. The summed E-state index contributed by atoms with van der Waals surface area (Å²) in [7, 11) is 0. The van der Waals surface area contributed by atoms with Crippen molar-refractivity contribution in [2.24, 2.45) is 23.7 Å². The van der Waals surface area contributed by atoms with Gasteiger partial charge in [0.1, 0.15) is 0 Å². The molecule has 128 valence electrons. The van der Waals surface area contributed by atoms with E-state index in [4.69, 9.17) is 0 Å². The highest BCUT2D eigenvalue weighted by Crippen LogP contribution is 2.56. The molecule has 1 aromatic rings. The third-order valence-corrected chi connectivity index (χ3v) is 5.55. The smallest absolute Gasteiger partial charge is 0.224 e. The van der Waals surface area contributed by atoms with Gasteiger partial charge in [-0.2, -0.15) is 0 Å². The number of aliphatic carboxylic acids is 1. The molecular weight excluding hydrogens is 302 g/mol. The maximum Gasteiger partial charge on any atom is 0.224 e. The quantitative estimate of drug-likeness (QED) is 0.838. The van der Waals surface area contributed by atoms with Crippen LogP contribution in [0.5, 0.6) is 0 Å². The van der Waals surface area contributed by atoms with Crippen molar-refractivity contribution in [2.75, 3.05) is 6.54 Å². The van der Waals surface area contributed by atoms with Gasteiger partial charge in [0.2, 0.25) is 5.91 Å². The van der Waals surface area contributed by atoms with Crippen LogP contribution < -0.4 is 10.4 Å². The zero-order chi connectivity index (χ0) is 17.3. The summed E-state index contributed by atoms with van der Waals surface area (Å²) < 4.78 is 0. The molecule has 1 aromatic carbocycles. The van der Waals surface area contributed by atoms with Crippen molar-refractivity contribution in [3.63, 3.8) is 0 Å². The van der Waals surface area contributed by atoms with Gasteiger partial charge in [-0.15, -0.1) is 0 Å². The first-order valence-electron chi connectivity index (χ1n) is 8.70. The average molecular weight is 326 g/mol. The molecule has 3 rings (SSSR count). The van der Waals surface area contributed by atoms with E-state index in [9.17, 15) is 14.7 Å². The van der Waals surface area contributed by atoms with Gasteiger partial charge in [-0.25, -0.2) is 0 Å². The molecule has 2 fully saturated rings. The van der Waals surface area contributed by atoms with Crippen molar-refractivity contribution in [2.45, 2.75) is 33.1 Å². The fraction of sp³-hybridized carbons (Fsp3) is 0.500. The Kier molecular flexibility index (Phi) is 4.74. The van der Waals surface area contributed by atoms with Gasteiger partial charge in [0.05, 0.1) is 5.92 Å². The second kappa shape index (κ2) is 6.80.